The molecular weight excluding hydrogens is 188 g/mol. The first kappa shape index (κ1) is 7.64. The Morgan fingerprint density at radius 3 is 2.58 bits per heavy atom. The van der Waals surface area contributed by atoms with Crippen LogP contribution in [0.1, 0.15) is 0 Å². The Bertz CT molecular complexity index is 376. The van der Waals surface area contributed by atoms with Gasteiger partial charge in [0, 0.05) is 10.4 Å². The molecule has 2 aromatic rings. The minimum Gasteiger partial charge on any atom is -0.391 e. The number of rotatable bonds is 1. The van der Waals surface area contributed by atoms with Crippen molar-refractivity contribution in [3.63, 3.8) is 0 Å². The molecule has 0 aliphatic heterocycles. The van der Waals surface area contributed by atoms with Gasteiger partial charge in [-0.1, -0.05) is 6.07 Å². The van der Waals surface area contributed by atoms with E-state index in [1.807, 2.05) is 23.6 Å². The number of nitrogens with two attached hydrogens (primary N) is 2. The third-order valence-electron chi connectivity index (χ3n) is 1.57. The van der Waals surface area contributed by atoms with E-state index in [2.05, 4.69) is 0 Å². The zero-order chi connectivity index (χ0) is 8.55. The third-order valence-corrected chi connectivity index (χ3v) is 3.26. The van der Waals surface area contributed by atoms with Gasteiger partial charge in [-0.2, -0.15) is 0 Å². The Hall–Kier alpha value is -1.00. The van der Waals surface area contributed by atoms with E-state index in [-0.39, 0.29) is 0 Å². The number of thiophene rings is 2. The van der Waals surface area contributed by atoms with Gasteiger partial charge in [-0.3, -0.25) is 0 Å². The molecule has 62 valence electrons. The molecule has 0 fully saturated rings. The Kier molecular flexibility index (Phi) is 1.78. The lowest BCUT2D eigenvalue weighted by molar-refractivity contribution is 1.84. The van der Waals surface area contributed by atoms with Gasteiger partial charge < -0.3 is 11.5 Å². The molecule has 12 heavy (non-hydrogen) atoms. The van der Waals surface area contributed by atoms with Crippen molar-refractivity contribution in [3.05, 3.63) is 23.6 Å². The minimum atomic E-state index is 0.774. The molecular formula is C8H8N2S2. The molecule has 2 aromatic heterocycles. The van der Waals surface area contributed by atoms with Crippen molar-refractivity contribution in [2.24, 2.45) is 0 Å². The van der Waals surface area contributed by atoms with E-state index < -0.39 is 0 Å². The Morgan fingerprint density at radius 2 is 2.08 bits per heavy atom. The second kappa shape index (κ2) is 2.80. The second-order valence-electron chi connectivity index (χ2n) is 2.40. The zero-order valence-electron chi connectivity index (χ0n) is 6.28. The van der Waals surface area contributed by atoms with E-state index >= 15 is 0 Å². The third kappa shape index (κ3) is 1.19. The molecule has 0 radical (unpaired) electrons. The van der Waals surface area contributed by atoms with E-state index in [1.165, 1.54) is 16.2 Å². The molecule has 0 aliphatic carbocycles. The summed E-state index contributed by atoms with van der Waals surface area (Å²) >= 11 is 3.10. The first-order valence-corrected chi connectivity index (χ1v) is 5.15. The van der Waals surface area contributed by atoms with E-state index in [1.54, 1.807) is 11.3 Å². The molecule has 0 aromatic carbocycles. The fourth-order valence-corrected chi connectivity index (χ4v) is 2.58. The summed E-state index contributed by atoms with van der Waals surface area (Å²) in [5.41, 5.74) is 12.5. The Balaban J connectivity index is 2.54. The van der Waals surface area contributed by atoms with Gasteiger partial charge in [-0.05, 0) is 17.5 Å². The zero-order valence-corrected chi connectivity index (χ0v) is 7.91. The molecule has 0 aliphatic rings. The van der Waals surface area contributed by atoms with Crippen molar-refractivity contribution < 1.29 is 0 Å². The van der Waals surface area contributed by atoms with Crippen LogP contribution in [0.5, 0.6) is 0 Å². The van der Waals surface area contributed by atoms with Crippen LogP contribution in [0.2, 0.25) is 0 Å². The highest BCUT2D eigenvalue weighted by Gasteiger charge is 2.06. The molecule has 4 heteroatoms. The molecule has 4 N–H and O–H groups in total. The fourth-order valence-electron chi connectivity index (χ4n) is 1.05. The Morgan fingerprint density at radius 1 is 1.25 bits per heavy atom. The van der Waals surface area contributed by atoms with Gasteiger partial charge in [0.05, 0.1) is 10.0 Å². The Labute approximate surface area is 78.4 Å². The highest BCUT2D eigenvalue weighted by molar-refractivity contribution is 7.21. The first-order chi connectivity index (χ1) is 5.77. The van der Waals surface area contributed by atoms with Crippen LogP contribution in [0.4, 0.5) is 10.0 Å². The molecule has 0 bridgehead atoms. The smallest absolute Gasteiger partial charge is 0.0965 e. The normalized spacial score (nSPS) is 10.3. The van der Waals surface area contributed by atoms with Crippen molar-refractivity contribution in [1.29, 1.82) is 0 Å². The lowest BCUT2D eigenvalue weighted by Gasteiger charge is -1.91. The van der Waals surface area contributed by atoms with Crippen LogP contribution in [0.15, 0.2) is 23.6 Å². The van der Waals surface area contributed by atoms with Gasteiger partial charge >= 0.3 is 0 Å². The van der Waals surface area contributed by atoms with Crippen LogP contribution >= 0.6 is 22.7 Å². The van der Waals surface area contributed by atoms with Crippen molar-refractivity contribution in [3.8, 4) is 10.4 Å². The van der Waals surface area contributed by atoms with Crippen LogP contribution in [-0.4, -0.2) is 0 Å². The van der Waals surface area contributed by atoms with E-state index in [4.69, 9.17) is 11.5 Å². The van der Waals surface area contributed by atoms with Crippen molar-refractivity contribution >= 4 is 32.7 Å². The molecule has 0 saturated heterocycles. The monoisotopic (exact) mass is 196 g/mol. The van der Waals surface area contributed by atoms with E-state index in [0.717, 1.165) is 15.6 Å². The van der Waals surface area contributed by atoms with Crippen LogP contribution in [-0.2, 0) is 0 Å². The SMILES string of the molecule is Nc1cc(-c2cccs2)c(N)s1. The number of hydrogen-bond donors (Lipinski definition) is 2. The summed E-state index contributed by atoms with van der Waals surface area (Å²) in [4.78, 5) is 1.18. The fraction of sp³-hybridized carbons (Fsp3) is 0. The number of hydrogen-bond acceptors (Lipinski definition) is 4. The highest BCUT2D eigenvalue weighted by Crippen LogP contribution is 2.37. The molecule has 2 rings (SSSR count). The van der Waals surface area contributed by atoms with Gasteiger partial charge in [-0.15, -0.1) is 22.7 Å². The quantitative estimate of drug-likeness (QED) is 0.736. The summed E-state index contributed by atoms with van der Waals surface area (Å²) in [5.74, 6) is 0. The largest absolute Gasteiger partial charge is 0.391 e. The summed E-state index contributed by atoms with van der Waals surface area (Å²) in [5, 5.41) is 3.61. The number of anilines is 2. The number of nitrogen functional groups attached to an aromatic ring is 2. The van der Waals surface area contributed by atoms with Crippen molar-refractivity contribution in [2.45, 2.75) is 0 Å². The molecule has 0 atom stereocenters. The minimum absolute atomic E-state index is 0.774. The molecule has 2 nitrogen and oxygen atoms in total. The van der Waals surface area contributed by atoms with E-state index in [0.29, 0.717) is 0 Å². The maximum atomic E-state index is 5.78. The predicted molar refractivity (Wildman–Crippen MR) is 56.5 cm³/mol. The average Bonchev–Trinajstić information content (AvgIpc) is 2.58. The molecule has 0 spiro atoms. The van der Waals surface area contributed by atoms with Crippen LogP contribution in [0, 0.1) is 0 Å². The molecule has 0 amide bonds. The molecule has 2 heterocycles. The molecule has 0 unspecified atom stereocenters. The van der Waals surface area contributed by atoms with Crippen LogP contribution in [0.25, 0.3) is 10.4 Å². The van der Waals surface area contributed by atoms with Crippen LogP contribution in [0.3, 0.4) is 0 Å². The average molecular weight is 196 g/mol. The maximum absolute atomic E-state index is 5.78. The van der Waals surface area contributed by atoms with Gasteiger partial charge in [-0.25, -0.2) is 0 Å². The first-order valence-electron chi connectivity index (χ1n) is 3.46. The van der Waals surface area contributed by atoms with Gasteiger partial charge in [0.2, 0.25) is 0 Å². The van der Waals surface area contributed by atoms with Gasteiger partial charge in [0.25, 0.3) is 0 Å². The van der Waals surface area contributed by atoms with E-state index in [9.17, 15) is 0 Å². The highest BCUT2D eigenvalue weighted by atomic mass is 32.1. The summed E-state index contributed by atoms with van der Waals surface area (Å²) in [6.45, 7) is 0. The summed E-state index contributed by atoms with van der Waals surface area (Å²) in [6, 6.07) is 5.97. The summed E-state index contributed by atoms with van der Waals surface area (Å²) < 4.78 is 0. The summed E-state index contributed by atoms with van der Waals surface area (Å²) in [6.07, 6.45) is 0. The van der Waals surface area contributed by atoms with Crippen molar-refractivity contribution in [1.82, 2.24) is 0 Å². The second-order valence-corrected chi connectivity index (χ2v) is 4.47. The topological polar surface area (TPSA) is 52.0 Å². The molecule has 0 saturated carbocycles. The lowest BCUT2D eigenvalue weighted by atomic mass is 10.2. The van der Waals surface area contributed by atoms with Gasteiger partial charge in [0.15, 0.2) is 0 Å². The van der Waals surface area contributed by atoms with Gasteiger partial charge in [0.1, 0.15) is 0 Å². The van der Waals surface area contributed by atoms with Crippen molar-refractivity contribution in [2.75, 3.05) is 11.5 Å². The van der Waals surface area contributed by atoms with Crippen LogP contribution < -0.4 is 11.5 Å². The lowest BCUT2D eigenvalue weighted by Crippen LogP contribution is -1.79. The maximum Gasteiger partial charge on any atom is 0.0965 e. The predicted octanol–water partition coefficient (Wildman–Crippen LogP) is 2.64. The summed E-state index contributed by atoms with van der Waals surface area (Å²) in [7, 11) is 0. The standard InChI is InChI=1S/C8H8N2S2/c9-7-4-5(8(10)12-7)6-2-1-3-11-6/h1-4H,9-10H2.